The highest BCUT2D eigenvalue weighted by Crippen LogP contribution is 2.09. The molecule has 24 heavy (non-hydrogen) atoms. The Kier molecular flexibility index (Phi) is 6.49. The molecule has 0 saturated carbocycles. The topological polar surface area (TPSA) is 58.2 Å². The van der Waals surface area contributed by atoms with Crippen molar-refractivity contribution in [1.29, 1.82) is 0 Å². The molecule has 126 valence electrons. The molecule has 0 bridgehead atoms. The Morgan fingerprint density at radius 1 is 1.04 bits per heavy atom. The zero-order valence-corrected chi connectivity index (χ0v) is 13.6. The summed E-state index contributed by atoms with van der Waals surface area (Å²) in [6.07, 6.45) is 0.891. The van der Waals surface area contributed by atoms with Crippen LogP contribution in [0.15, 0.2) is 48.5 Å². The minimum absolute atomic E-state index is 0.0917. The molecule has 2 aromatic carbocycles. The molecule has 2 amide bonds. The smallest absolute Gasteiger partial charge is 0.251 e. The Morgan fingerprint density at radius 3 is 2.50 bits per heavy atom. The van der Waals surface area contributed by atoms with Gasteiger partial charge in [-0.05, 0) is 42.7 Å². The first kappa shape index (κ1) is 17.7. The minimum Gasteiger partial charge on any atom is -0.352 e. The van der Waals surface area contributed by atoms with E-state index in [0.717, 1.165) is 5.56 Å². The molecule has 0 spiro atoms. The molecule has 2 aromatic rings. The highest BCUT2D eigenvalue weighted by Gasteiger charge is 2.05. The van der Waals surface area contributed by atoms with Gasteiger partial charge in [-0.3, -0.25) is 9.59 Å². The third-order valence-corrected chi connectivity index (χ3v) is 3.61. The summed E-state index contributed by atoms with van der Waals surface area (Å²) in [6, 6.07) is 13.7. The van der Waals surface area contributed by atoms with Crippen molar-refractivity contribution in [3.8, 4) is 0 Å². The van der Waals surface area contributed by atoms with Gasteiger partial charge in [-0.2, -0.15) is 0 Å². The first-order chi connectivity index (χ1) is 11.6. The molecule has 2 N–H and O–H groups in total. The van der Waals surface area contributed by atoms with Gasteiger partial charge in [0, 0.05) is 25.1 Å². The zero-order valence-electron chi connectivity index (χ0n) is 13.6. The second-order valence-corrected chi connectivity index (χ2v) is 5.59. The summed E-state index contributed by atoms with van der Waals surface area (Å²) in [4.78, 5) is 23.6. The predicted octanol–water partition coefficient (Wildman–Crippen LogP) is 2.96. The molecule has 0 aliphatic rings. The van der Waals surface area contributed by atoms with Crippen LogP contribution in [0.2, 0.25) is 0 Å². The average molecular weight is 328 g/mol. The average Bonchev–Trinajstić information content (AvgIpc) is 2.60. The summed E-state index contributed by atoms with van der Waals surface area (Å²) in [6.45, 7) is 2.50. The van der Waals surface area contributed by atoms with Gasteiger partial charge in [-0.15, -0.1) is 0 Å². The van der Waals surface area contributed by atoms with E-state index < -0.39 is 0 Å². The van der Waals surface area contributed by atoms with Crippen LogP contribution in [0.1, 0.15) is 34.3 Å². The van der Waals surface area contributed by atoms with E-state index in [9.17, 15) is 14.0 Å². The predicted molar refractivity (Wildman–Crippen MR) is 91.0 cm³/mol. The van der Waals surface area contributed by atoms with Crippen LogP contribution < -0.4 is 10.6 Å². The highest BCUT2D eigenvalue weighted by atomic mass is 19.1. The van der Waals surface area contributed by atoms with Gasteiger partial charge in [0.25, 0.3) is 5.91 Å². The number of carbonyl (C=O) groups is 2. The molecule has 0 unspecified atom stereocenters. The van der Waals surface area contributed by atoms with E-state index in [1.54, 1.807) is 43.3 Å². The molecule has 0 atom stereocenters. The molecule has 0 saturated heterocycles. The molecule has 0 fully saturated rings. The van der Waals surface area contributed by atoms with Gasteiger partial charge < -0.3 is 10.6 Å². The van der Waals surface area contributed by atoms with Crippen LogP contribution in [0.3, 0.4) is 0 Å². The van der Waals surface area contributed by atoms with Crippen LogP contribution in [0.5, 0.6) is 0 Å². The van der Waals surface area contributed by atoms with Crippen molar-refractivity contribution in [3.63, 3.8) is 0 Å². The Morgan fingerprint density at radius 2 is 1.79 bits per heavy atom. The van der Waals surface area contributed by atoms with E-state index in [0.29, 0.717) is 37.1 Å². The summed E-state index contributed by atoms with van der Waals surface area (Å²) >= 11 is 0. The fourth-order valence-electron chi connectivity index (χ4n) is 2.25. The van der Waals surface area contributed by atoms with E-state index >= 15 is 0 Å². The number of rotatable bonds is 7. The van der Waals surface area contributed by atoms with E-state index in [-0.39, 0.29) is 17.6 Å². The van der Waals surface area contributed by atoms with Crippen molar-refractivity contribution < 1.29 is 14.0 Å². The summed E-state index contributed by atoms with van der Waals surface area (Å²) in [5, 5.41) is 5.57. The van der Waals surface area contributed by atoms with Gasteiger partial charge in [-0.1, -0.05) is 30.3 Å². The second-order valence-electron chi connectivity index (χ2n) is 5.59. The number of carbonyl (C=O) groups excluding carboxylic acids is 2. The van der Waals surface area contributed by atoms with E-state index in [1.165, 1.54) is 6.07 Å². The number of amides is 2. The molecule has 0 aliphatic carbocycles. The number of halogens is 1. The van der Waals surface area contributed by atoms with Gasteiger partial charge >= 0.3 is 0 Å². The number of aryl methyl sites for hydroxylation is 1. The molecule has 0 radical (unpaired) electrons. The van der Waals surface area contributed by atoms with Gasteiger partial charge in [0.2, 0.25) is 5.91 Å². The molecule has 2 rings (SSSR count). The highest BCUT2D eigenvalue weighted by molar-refractivity contribution is 5.94. The van der Waals surface area contributed by atoms with Crippen molar-refractivity contribution in [2.24, 2.45) is 0 Å². The van der Waals surface area contributed by atoms with Gasteiger partial charge in [0.05, 0.1) is 0 Å². The maximum Gasteiger partial charge on any atom is 0.251 e. The lowest BCUT2D eigenvalue weighted by Gasteiger charge is -2.07. The lowest BCUT2D eigenvalue weighted by Crippen LogP contribution is -2.27. The first-order valence-corrected chi connectivity index (χ1v) is 7.91. The van der Waals surface area contributed by atoms with Crippen molar-refractivity contribution in [3.05, 3.63) is 71.0 Å². The number of nitrogens with one attached hydrogen (secondary N) is 2. The van der Waals surface area contributed by atoms with Crippen LogP contribution in [0.4, 0.5) is 4.39 Å². The quantitative estimate of drug-likeness (QED) is 0.768. The summed E-state index contributed by atoms with van der Waals surface area (Å²) in [5.74, 6) is -0.483. The van der Waals surface area contributed by atoms with E-state index in [2.05, 4.69) is 10.6 Å². The van der Waals surface area contributed by atoms with Crippen LogP contribution in [-0.4, -0.2) is 18.4 Å². The van der Waals surface area contributed by atoms with Crippen molar-refractivity contribution in [2.75, 3.05) is 6.54 Å². The van der Waals surface area contributed by atoms with Gasteiger partial charge in [0.15, 0.2) is 0 Å². The maximum absolute atomic E-state index is 13.2. The Hall–Kier alpha value is -2.69. The Bertz CT molecular complexity index is 702. The normalized spacial score (nSPS) is 10.2. The van der Waals surface area contributed by atoms with Gasteiger partial charge in [-0.25, -0.2) is 4.39 Å². The lowest BCUT2D eigenvalue weighted by atomic mass is 10.1. The van der Waals surface area contributed by atoms with Gasteiger partial charge in [0.1, 0.15) is 5.82 Å². The van der Waals surface area contributed by atoms with Crippen molar-refractivity contribution >= 4 is 11.8 Å². The van der Waals surface area contributed by atoms with Crippen molar-refractivity contribution in [1.82, 2.24) is 10.6 Å². The second kappa shape index (κ2) is 8.82. The van der Waals surface area contributed by atoms with Crippen LogP contribution >= 0.6 is 0 Å². The van der Waals surface area contributed by atoms with Crippen LogP contribution in [0.25, 0.3) is 0 Å². The van der Waals surface area contributed by atoms with E-state index in [4.69, 9.17) is 0 Å². The lowest BCUT2D eigenvalue weighted by molar-refractivity contribution is -0.121. The fourth-order valence-corrected chi connectivity index (χ4v) is 2.25. The Labute approximate surface area is 141 Å². The monoisotopic (exact) mass is 328 g/mol. The number of hydrogen-bond donors (Lipinski definition) is 2. The first-order valence-electron chi connectivity index (χ1n) is 7.91. The molecule has 0 aromatic heterocycles. The maximum atomic E-state index is 13.2. The molecule has 0 aliphatic heterocycles. The number of hydrogen-bond acceptors (Lipinski definition) is 2. The van der Waals surface area contributed by atoms with Crippen molar-refractivity contribution in [2.45, 2.75) is 26.3 Å². The summed E-state index contributed by atoms with van der Waals surface area (Å²) < 4.78 is 13.2. The fraction of sp³-hybridized carbons (Fsp3) is 0.263. The molecule has 0 heterocycles. The third kappa shape index (κ3) is 5.50. The number of benzene rings is 2. The minimum atomic E-state index is -0.251. The molecular formula is C19H21FN2O2. The third-order valence-electron chi connectivity index (χ3n) is 3.61. The van der Waals surface area contributed by atoms with E-state index in [1.807, 2.05) is 6.07 Å². The van der Waals surface area contributed by atoms with Crippen LogP contribution in [-0.2, 0) is 11.3 Å². The summed E-state index contributed by atoms with van der Waals surface area (Å²) in [7, 11) is 0. The standard InChI is InChI=1S/C19H21FN2O2/c1-14-12-15(9-10-17(14)20)13-22-18(23)8-5-11-21-19(24)16-6-3-2-4-7-16/h2-4,6-7,9-10,12H,5,8,11,13H2,1H3,(H,21,24)(H,22,23). The summed E-state index contributed by atoms with van der Waals surface area (Å²) in [5.41, 5.74) is 2.03. The molecular weight excluding hydrogens is 307 g/mol. The van der Waals surface area contributed by atoms with Crippen LogP contribution in [0, 0.1) is 12.7 Å². The molecule has 5 heteroatoms. The largest absolute Gasteiger partial charge is 0.352 e. The molecule has 4 nitrogen and oxygen atoms in total. The SMILES string of the molecule is Cc1cc(CNC(=O)CCCNC(=O)c2ccccc2)ccc1F. The Balaban J connectivity index is 1.64. The zero-order chi connectivity index (χ0) is 17.4.